The van der Waals surface area contributed by atoms with Crippen LogP contribution in [0.25, 0.3) is 0 Å². The van der Waals surface area contributed by atoms with Crippen LogP contribution < -0.4 is 5.32 Å². The van der Waals surface area contributed by atoms with Crippen LogP contribution in [0.3, 0.4) is 0 Å². The first-order valence-corrected chi connectivity index (χ1v) is 8.48. The zero-order chi connectivity index (χ0) is 19.9. The van der Waals surface area contributed by atoms with E-state index in [9.17, 15) is 14.4 Å². The van der Waals surface area contributed by atoms with Crippen LogP contribution in [-0.2, 0) is 25.7 Å². The van der Waals surface area contributed by atoms with Gasteiger partial charge in [0.15, 0.2) is 0 Å². The van der Waals surface area contributed by atoms with Gasteiger partial charge in [-0.1, -0.05) is 30.3 Å². The van der Waals surface area contributed by atoms with E-state index >= 15 is 0 Å². The van der Waals surface area contributed by atoms with Gasteiger partial charge in [-0.05, 0) is 40.2 Å². The lowest BCUT2D eigenvalue weighted by molar-refractivity contribution is -0.163. The second-order valence-corrected chi connectivity index (χ2v) is 7.09. The standard InChI is InChI=1S/C19H28N2O5/c1-13(20-18(24)25-12-15-10-8-7-9-11-15)16(22)21(6)14(2)17(23)26-19(3,4)5/h7-11,13-14H,12H2,1-6H3,(H,20,24)/t13-,14-/m0/s1. The molecule has 7 nitrogen and oxygen atoms in total. The Morgan fingerprint density at radius 3 is 2.23 bits per heavy atom. The van der Waals surface area contributed by atoms with E-state index < -0.39 is 35.7 Å². The van der Waals surface area contributed by atoms with Crippen molar-refractivity contribution in [1.82, 2.24) is 10.2 Å². The molecule has 0 radical (unpaired) electrons. The molecule has 1 N–H and O–H groups in total. The van der Waals surface area contributed by atoms with Crippen molar-refractivity contribution in [2.45, 2.75) is 58.9 Å². The zero-order valence-corrected chi connectivity index (χ0v) is 16.2. The number of likely N-dealkylation sites (N-methyl/N-ethyl adjacent to an activating group) is 1. The number of ether oxygens (including phenoxy) is 2. The number of benzene rings is 1. The summed E-state index contributed by atoms with van der Waals surface area (Å²) in [5.74, 6) is -0.924. The summed E-state index contributed by atoms with van der Waals surface area (Å²) in [5, 5.41) is 2.47. The third kappa shape index (κ3) is 7.13. The molecule has 0 saturated carbocycles. The van der Waals surface area contributed by atoms with Crippen LogP contribution in [0.4, 0.5) is 4.79 Å². The van der Waals surface area contributed by atoms with Gasteiger partial charge in [0, 0.05) is 7.05 Å². The number of nitrogens with one attached hydrogen (secondary N) is 1. The second-order valence-electron chi connectivity index (χ2n) is 7.09. The van der Waals surface area contributed by atoms with Gasteiger partial charge in [0.1, 0.15) is 24.3 Å². The molecule has 0 bridgehead atoms. The lowest BCUT2D eigenvalue weighted by Gasteiger charge is -2.29. The van der Waals surface area contributed by atoms with Crippen molar-refractivity contribution < 1.29 is 23.9 Å². The minimum atomic E-state index is -0.840. The van der Waals surface area contributed by atoms with E-state index in [0.29, 0.717) is 0 Å². The highest BCUT2D eigenvalue weighted by Gasteiger charge is 2.30. The van der Waals surface area contributed by atoms with Gasteiger partial charge >= 0.3 is 12.1 Å². The van der Waals surface area contributed by atoms with Crippen LogP contribution in [-0.4, -0.2) is 47.6 Å². The number of alkyl carbamates (subject to hydrolysis) is 1. The first-order valence-electron chi connectivity index (χ1n) is 8.48. The van der Waals surface area contributed by atoms with E-state index in [1.54, 1.807) is 27.7 Å². The minimum absolute atomic E-state index is 0.109. The lowest BCUT2D eigenvalue weighted by atomic mass is 10.2. The summed E-state index contributed by atoms with van der Waals surface area (Å²) >= 11 is 0. The molecule has 7 heteroatoms. The Bertz CT molecular complexity index is 625. The molecule has 0 aliphatic heterocycles. The number of esters is 1. The molecule has 2 atom stereocenters. The summed E-state index contributed by atoms with van der Waals surface area (Å²) in [6.07, 6.45) is -0.701. The molecular weight excluding hydrogens is 336 g/mol. The molecule has 0 spiro atoms. The van der Waals surface area contributed by atoms with Gasteiger partial charge in [-0.25, -0.2) is 9.59 Å². The molecule has 1 aromatic carbocycles. The van der Waals surface area contributed by atoms with Crippen molar-refractivity contribution in [3.63, 3.8) is 0 Å². The summed E-state index contributed by atoms with van der Waals surface area (Å²) in [6.45, 7) is 8.49. The summed E-state index contributed by atoms with van der Waals surface area (Å²) in [6, 6.07) is 7.60. The van der Waals surface area contributed by atoms with Gasteiger partial charge in [0.05, 0.1) is 0 Å². The average Bonchev–Trinajstić information content (AvgIpc) is 2.57. The summed E-state index contributed by atoms with van der Waals surface area (Å²) in [4.78, 5) is 37.6. The average molecular weight is 364 g/mol. The van der Waals surface area contributed by atoms with Crippen LogP contribution in [0.1, 0.15) is 40.2 Å². The smallest absolute Gasteiger partial charge is 0.408 e. The fourth-order valence-electron chi connectivity index (χ4n) is 2.04. The van der Waals surface area contributed by atoms with E-state index in [4.69, 9.17) is 9.47 Å². The van der Waals surface area contributed by atoms with E-state index in [1.165, 1.54) is 18.9 Å². The Balaban J connectivity index is 2.52. The Hall–Kier alpha value is -2.57. The maximum atomic E-state index is 12.4. The fraction of sp³-hybridized carbons (Fsp3) is 0.526. The number of carbonyl (C=O) groups excluding carboxylic acids is 3. The van der Waals surface area contributed by atoms with Crippen LogP contribution >= 0.6 is 0 Å². The molecular formula is C19H28N2O5. The van der Waals surface area contributed by atoms with Crippen LogP contribution in [0.2, 0.25) is 0 Å². The van der Waals surface area contributed by atoms with E-state index in [0.717, 1.165) is 5.56 Å². The summed E-state index contributed by atoms with van der Waals surface area (Å²) < 4.78 is 10.4. The Morgan fingerprint density at radius 2 is 1.69 bits per heavy atom. The van der Waals surface area contributed by atoms with Gasteiger partial charge in [-0.3, -0.25) is 4.79 Å². The number of amides is 2. The molecule has 0 heterocycles. The van der Waals surface area contributed by atoms with Crippen molar-refractivity contribution in [2.75, 3.05) is 7.05 Å². The van der Waals surface area contributed by atoms with Crippen molar-refractivity contribution in [3.05, 3.63) is 35.9 Å². The Morgan fingerprint density at radius 1 is 1.12 bits per heavy atom. The zero-order valence-electron chi connectivity index (χ0n) is 16.2. The minimum Gasteiger partial charge on any atom is -0.458 e. The topological polar surface area (TPSA) is 84.9 Å². The Kier molecular flexibility index (Phi) is 7.61. The highest BCUT2D eigenvalue weighted by atomic mass is 16.6. The number of hydrogen-bond donors (Lipinski definition) is 1. The number of carbonyl (C=O) groups is 3. The van der Waals surface area contributed by atoms with Gasteiger partial charge in [-0.15, -0.1) is 0 Å². The molecule has 1 rings (SSSR count). The van der Waals surface area contributed by atoms with Gasteiger partial charge in [0.25, 0.3) is 0 Å². The van der Waals surface area contributed by atoms with Crippen molar-refractivity contribution in [3.8, 4) is 0 Å². The van der Waals surface area contributed by atoms with Crippen LogP contribution in [0.15, 0.2) is 30.3 Å². The molecule has 26 heavy (non-hydrogen) atoms. The predicted molar refractivity (Wildman–Crippen MR) is 97.3 cm³/mol. The molecule has 0 unspecified atom stereocenters. The van der Waals surface area contributed by atoms with E-state index in [2.05, 4.69) is 5.32 Å². The van der Waals surface area contributed by atoms with Crippen LogP contribution in [0, 0.1) is 0 Å². The quantitative estimate of drug-likeness (QED) is 0.784. The van der Waals surface area contributed by atoms with Gasteiger partial charge in [-0.2, -0.15) is 0 Å². The maximum absolute atomic E-state index is 12.4. The molecule has 0 saturated heterocycles. The number of hydrogen-bond acceptors (Lipinski definition) is 5. The van der Waals surface area contributed by atoms with Crippen LogP contribution in [0.5, 0.6) is 0 Å². The first-order chi connectivity index (χ1) is 12.0. The molecule has 0 aromatic heterocycles. The SMILES string of the molecule is C[C@H](NC(=O)OCc1ccccc1)C(=O)N(C)[C@@H](C)C(=O)OC(C)(C)C. The maximum Gasteiger partial charge on any atom is 0.408 e. The van der Waals surface area contributed by atoms with E-state index in [1.807, 2.05) is 30.3 Å². The summed E-state index contributed by atoms with van der Waals surface area (Å²) in [7, 11) is 1.49. The lowest BCUT2D eigenvalue weighted by Crippen LogP contribution is -2.51. The fourth-order valence-corrected chi connectivity index (χ4v) is 2.04. The summed E-state index contributed by atoms with van der Waals surface area (Å²) in [5.41, 5.74) is 0.206. The third-order valence-corrected chi connectivity index (χ3v) is 3.59. The van der Waals surface area contributed by atoms with Crippen molar-refractivity contribution in [1.29, 1.82) is 0 Å². The first kappa shape index (κ1) is 21.5. The third-order valence-electron chi connectivity index (χ3n) is 3.59. The molecule has 144 valence electrons. The number of rotatable bonds is 6. The molecule has 0 fully saturated rings. The molecule has 0 aliphatic carbocycles. The largest absolute Gasteiger partial charge is 0.458 e. The highest BCUT2D eigenvalue weighted by Crippen LogP contribution is 2.11. The number of nitrogens with zero attached hydrogens (tertiary/aromatic N) is 1. The highest BCUT2D eigenvalue weighted by molar-refractivity contribution is 5.89. The van der Waals surface area contributed by atoms with Gasteiger partial charge < -0.3 is 19.7 Å². The van der Waals surface area contributed by atoms with Gasteiger partial charge in [0.2, 0.25) is 5.91 Å². The molecule has 2 amide bonds. The molecule has 1 aromatic rings. The normalized spacial score (nSPS) is 13.3. The molecule has 0 aliphatic rings. The Labute approximate surface area is 154 Å². The monoisotopic (exact) mass is 364 g/mol. The van der Waals surface area contributed by atoms with Crippen molar-refractivity contribution in [2.24, 2.45) is 0 Å². The van der Waals surface area contributed by atoms with E-state index in [-0.39, 0.29) is 6.61 Å². The van der Waals surface area contributed by atoms with Crippen molar-refractivity contribution >= 4 is 18.0 Å². The predicted octanol–water partition coefficient (Wildman–Crippen LogP) is 2.49. The second kappa shape index (κ2) is 9.22.